The lowest BCUT2D eigenvalue weighted by Crippen LogP contribution is -2.49. The molecule has 1 N–H and O–H groups in total. The Morgan fingerprint density at radius 1 is 1.13 bits per heavy atom. The van der Waals surface area contributed by atoms with E-state index >= 15 is 0 Å². The van der Waals surface area contributed by atoms with Crippen LogP contribution in [0.15, 0.2) is 43.2 Å². The zero-order chi connectivity index (χ0) is 21.4. The van der Waals surface area contributed by atoms with Crippen molar-refractivity contribution in [2.24, 2.45) is 0 Å². The summed E-state index contributed by atoms with van der Waals surface area (Å²) in [5.41, 5.74) is 3.75. The molecule has 5 rings (SSSR count). The smallest absolute Gasteiger partial charge is 0.151 e. The Labute approximate surface area is 179 Å². The average molecular weight is 411 g/mol. The Bertz CT molecular complexity index is 1300. The molecule has 0 spiro atoms. The minimum atomic E-state index is 0.358. The van der Waals surface area contributed by atoms with Crippen LogP contribution in [0.1, 0.15) is 18.2 Å². The van der Waals surface area contributed by atoms with E-state index in [-0.39, 0.29) is 0 Å². The Balaban J connectivity index is 1.79. The highest BCUT2D eigenvalue weighted by molar-refractivity contribution is 6.02. The predicted octanol–water partition coefficient (Wildman–Crippen LogP) is 2.25. The molecule has 0 aromatic carbocycles. The molecule has 154 valence electrons. The number of rotatable bonds is 3. The third-order valence-corrected chi connectivity index (χ3v) is 5.49. The van der Waals surface area contributed by atoms with E-state index in [4.69, 9.17) is 0 Å². The number of hydrogen-bond acceptors (Lipinski definition) is 8. The molecule has 9 heteroatoms. The van der Waals surface area contributed by atoms with Crippen LogP contribution < -0.4 is 10.2 Å². The van der Waals surface area contributed by atoms with Crippen molar-refractivity contribution in [3.05, 3.63) is 54.5 Å². The lowest BCUT2D eigenvalue weighted by molar-refractivity contribution is 0.483. The van der Waals surface area contributed by atoms with Crippen molar-refractivity contribution >= 4 is 16.9 Å². The van der Waals surface area contributed by atoms with Crippen LogP contribution in [0.2, 0.25) is 0 Å². The maximum atomic E-state index is 9.34. The van der Waals surface area contributed by atoms with Gasteiger partial charge in [-0.2, -0.15) is 5.26 Å². The van der Waals surface area contributed by atoms with E-state index < -0.39 is 0 Å². The van der Waals surface area contributed by atoms with Gasteiger partial charge < -0.3 is 10.2 Å². The minimum absolute atomic E-state index is 0.358. The highest BCUT2D eigenvalue weighted by Gasteiger charge is 2.25. The van der Waals surface area contributed by atoms with E-state index in [0.717, 1.165) is 53.4 Å². The van der Waals surface area contributed by atoms with E-state index in [1.807, 2.05) is 17.7 Å². The summed E-state index contributed by atoms with van der Waals surface area (Å²) >= 11 is 0. The van der Waals surface area contributed by atoms with Crippen molar-refractivity contribution in [1.29, 1.82) is 5.26 Å². The highest BCUT2D eigenvalue weighted by atomic mass is 15.3. The first-order valence-corrected chi connectivity index (χ1v) is 10.1. The van der Waals surface area contributed by atoms with Crippen LogP contribution >= 0.6 is 0 Å². The monoisotopic (exact) mass is 411 g/mol. The van der Waals surface area contributed by atoms with Gasteiger partial charge in [0.15, 0.2) is 5.65 Å². The van der Waals surface area contributed by atoms with E-state index in [0.29, 0.717) is 17.4 Å². The molecule has 0 amide bonds. The van der Waals surface area contributed by atoms with Crippen LogP contribution in [-0.4, -0.2) is 55.2 Å². The fraction of sp³-hybridized carbons (Fsp3) is 0.273. The van der Waals surface area contributed by atoms with Gasteiger partial charge in [-0.3, -0.25) is 14.5 Å². The van der Waals surface area contributed by atoms with E-state index in [2.05, 4.69) is 48.1 Å². The maximum Gasteiger partial charge on any atom is 0.151 e. The highest BCUT2D eigenvalue weighted by Crippen LogP contribution is 2.36. The Morgan fingerprint density at radius 2 is 2.00 bits per heavy atom. The Morgan fingerprint density at radius 3 is 2.81 bits per heavy atom. The van der Waals surface area contributed by atoms with Gasteiger partial charge in [-0.15, -0.1) is 0 Å². The summed E-state index contributed by atoms with van der Waals surface area (Å²) in [4.78, 5) is 25.1. The first-order chi connectivity index (χ1) is 15.2. The second-order valence-electron chi connectivity index (χ2n) is 7.61. The van der Waals surface area contributed by atoms with Crippen LogP contribution in [0, 0.1) is 18.3 Å². The molecule has 4 aromatic rings. The third-order valence-electron chi connectivity index (χ3n) is 5.49. The van der Waals surface area contributed by atoms with Gasteiger partial charge in [0.05, 0.1) is 28.4 Å². The molecule has 1 unspecified atom stereocenters. The van der Waals surface area contributed by atoms with Gasteiger partial charge in [0.2, 0.25) is 0 Å². The summed E-state index contributed by atoms with van der Waals surface area (Å²) in [7, 11) is 0. The van der Waals surface area contributed by atoms with Gasteiger partial charge >= 0.3 is 0 Å². The largest absolute Gasteiger partial charge is 0.353 e. The fourth-order valence-corrected chi connectivity index (χ4v) is 4.06. The van der Waals surface area contributed by atoms with Crippen molar-refractivity contribution in [3.63, 3.8) is 0 Å². The number of fused-ring (bicyclic) bond motifs is 1. The molecule has 0 radical (unpaired) electrons. The molecular formula is C22H21N9. The molecule has 1 aliphatic heterocycles. The summed E-state index contributed by atoms with van der Waals surface area (Å²) in [5.74, 6) is 1.49. The zero-order valence-corrected chi connectivity index (χ0v) is 17.3. The van der Waals surface area contributed by atoms with Crippen LogP contribution in [0.5, 0.6) is 0 Å². The van der Waals surface area contributed by atoms with Gasteiger partial charge in [-0.05, 0) is 26.0 Å². The normalized spacial score (nSPS) is 16.4. The lowest BCUT2D eigenvalue weighted by Gasteiger charge is -2.33. The molecule has 0 bridgehead atoms. The maximum absolute atomic E-state index is 9.34. The van der Waals surface area contributed by atoms with Crippen molar-refractivity contribution in [2.45, 2.75) is 19.9 Å². The molecule has 1 aliphatic rings. The fourth-order valence-electron chi connectivity index (χ4n) is 4.06. The summed E-state index contributed by atoms with van der Waals surface area (Å²) < 4.78 is 1.90. The molecule has 5 heterocycles. The van der Waals surface area contributed by atoms with Crippen LogP contribution in [0.3, 0.4) is 0 Å². The quantitative estimate of drug-likeness (QED) is 0.547. The van der Waals surface area contributed by atoms with E-state index in [1.54, 1.807) is 37.1 Å². The van der Waals surface area contributed by atoms with Crippen molar-refractivity contribution in [2.75, 3.05) is 24.5 Å². The number of piperazine rings is 1. The SMILES string of the molecule is Cc1nccnc1-c1cn(-c2cc(C#N)ccn2)c2ncnc(N3CCNC(C)C3)c12. The molecule has 1 saturated heterocycles. The Kier molecular flexibility index (Phi) is 4.76. The molecule has 1 fully saturated rings. The van der Waals surface area contributed by atoms with Crippen molar-refractivity contribution in [3.8, 4) is 23.1 Å². The lowest BCUT2D eigenvalue weighted by atomic mass is 10.1. The standard InChI is InChI=1S/C22H21N9/c1-14-11-30(8-7-24-14)21-19-17(20-15(2)25-5-6-27-20)12-31(22(19)29-13-28-21)18-9-16(10-23)3-4-26-18/h3-6,9,12-14,24H,7-8,11H2,1-2H3. The number of anilines is 1. The molecule has 9 nitrogen and oxygen atoms in total. The van der Waals surface area contributed by atoms with Gasteiger partial charge in [0.25, 0.3) is 0 Å². The summed E-state index contributed by atoms with van der Waals surface area (Å²) in [6.07, 6.45) is 8.56. The van der Waals surface area contributed by atoms with Crippen LogP contribution in [0.25, 0.3) is 28.1 Å². The van der Waals surface area contributed by atoms with Crippen LogP contribution in [0.4, 0.5) is 5.82 Å². The summed E-state index contributed by atoms with van der Waals surface area (Å²) in [6, 6.07) is 5.97. The minimum Gasteiger partial charge on any atom is -0.353 e. The molecule has 0 saturated carbocycles. The van der Waals surface area contributed by atoms with E-state index in [9.17, 15) is 5.26 Å². The Hall–Kier alpha value is -3.90. The second-order valence-corrected chi connectivity index (χ2v) is 7.61. The number of nitrogens with one attached hydrogen (secondary N) is 1. The van der Waals surface area contributed by atoms with Crippen molar-refractivity contribution < 1.29 is 0 Å². The summed E-state index contributed by atoms with van der Waals surface area (Å²) in [6.45, 7) is 6.69. The second kappa shape index (κ2) is 7.74. The number of hydrogen-bond donors (Lipinski definition) is 1. The molecular weight excluding hydrogens is 390 g/mol. The van der Waals surface area contributed by atoms with Gasteiger partial charge in [0, 0.05) is 56.0 Å². The summed E-state index contributed by atoms with van der Waals surface area (Å²) in [5, 5.41) is 13.7. The zero-order valence-electron chi connectivity index (χ0n) is 17.3. The third kappa shape index (κ3) is 3.37. The van der Waals surface area contributed by atoms with Gasteiger partial charge in [0.1, 0.15) is 18.0 Å². The number of aryl methyl sites for hydroxylation is 1. The number of aromatic nitrogens is 6. The first-order valence-electron chi connectivity index (χ1n) is 10.1. The molecule has 4 aromatic heterocycles. The molecule has 0 aliphatic carbocycles. The van der Waals surface area contributed by atoms with Crippen LogP contribution in [-0.2, 0) is 0 Å². The average Bonchev–Trinajstić information content (AvgIpc) is 3.19. The molecule has 31 heavy (non-hydrogen) atoms. The van der Waals surface area contributed by atoms with Gasteiger partial charge in [-0.25, -0.2) is 15.0 Å². The van der Waals surface area contributed by atoms with Gasteiger partial charge in [-0.1, -0.05) is 0 Å². The van der Waals surface area contributed by atoms with E-state index in [1.165, 1.54) is 0 Å². The predicted molar refractivity (Wildman–Crippen MR) is 117 cm³/mol. The number of nitrogens with zero attached hydrogens (tertiary/aromatic N) is 8. The molecule has 1 atom stereocenters. The first kappa shape index (κ1) is 19.1. The number of pyridine rings is 1. The topological polar surface area (TPSA) is 108 Å². The van der Waals surface area contributed by atoms with Crippen molar-refractivity contribution in [1.82, 2.24) is 34.8 Å². The number of nitriles is 1.